The predicted octanol–water partition coefficient (Wildman–Crippen LogP) is 3.60. The molecule has 0 radical (unpaired) electrons. The third kappa shape index (κ3) is 5.59. The molecule has 126 valence electrons. The molecule has 1 amide bonds. The van der Waals surface area contributed by atoms with Crippen molar-refractivity contribution in [3.63, 3.8) is 0 Å². The first kappa shape index (κ1) is 17.8. The molecule has 0 aromatic heterocycles. The van der Waals surface area contributed by atoms with Crippen molar-refractivity contribution in [2.45, 2.75) is 20.0 Å². The van der Waals surface area contributed by atoms with Crippen LogP contribution < -0.4 is 10.1 Å². The van der Waals surface area contributed by atoms with Crippen LogP contribution in [0, 0.1) is 6.92 Å². The molecule has 0 fully saturated rings. The molecule has 0 aliphatic heterocycles. The van der Waals surface area contributed by atoms with E-state index in [0.717, 1.165) is 5.56 Å². The van der Waals surface area contributed by atoms with Gasteiger partial charge >= 0.3 is 5.97 Å². The standard InChI is InChI=1S/C18H18ClNO4/c1-12-6-8-15(9-7-12)20-18(22)13(2)24-17(21)11-23-16-5-3-4-14(19)10-16/h3-10,13H,11H2,1-2H3,(H,20,22)/t13-/m1/s1. The molecule has 24 heavy (non-hydrogen) atoms. The van der Waals surface area contributed by atoms with Gasteiger partial charge in [-0.1, -0.05) is 35.4 Å². The Balaban J connectivity index is 1.80. The fourth-order valence-electron chi connectivity index (χ4n) is 1.86. The molecule has 0 unspecified atom stereocenters. The molecule has 0 aliphatic rings. The van der Waals surface area contributed by atoms with E-state index in [2.05, 4.69) is 5.32 Å². The van der Waals surface area contributed by atoms with Crippen LogP contribution in [0.3, 0.4) is 0 Å². The fourth-order valence-corrected chi connectivity index (χ4v) is 2.04. The second kappa shape index (κ2) is 8.36. The Kier molecular flexibility index (Phi) is 6.21. The second-order valence-corrected chi connectivity index (χ2v) is 5.67. The second-order valence-electron chi connectivity index (χ2n) is 5.23. The smallest absolute Gasteiger partial charge is 0.344 e. The van der Waals surface area contributed by atoms with Gasteiger partial charge in [0, 0.05) is 10.7 Å². The maximum atomic E-state index is 12.0. The van der Waals surface area contributed by atoms with Crippen molar-refractivity contribution in [1.82, 2.24) is 0 Å². The molecule has 1 N–H and O–H groups in total. The van der Waals surface area contributed by atoms with Crippen LogP contribution in [-0.2, 0) is 14.3 Å². The van der Waals surface area contributed by atoms with Gasteiger partial charge in [-0.2, -0.15) is 0 Å². The summed E-state index contributed by atoms with van der Waals surface area (Å²) in [5.41, 5.74) is 1.73. The van der Waals surface area contributed by atoms with Gasteiger partial charge in [-0.05, 0) is 44.2 Å². The van der Waals surface area contributed by atoms with Gasteiger partial charge in [-0.3, -0.25) is 4.79 Å². The third-order valence-electron chi connectivity index (χ3n) is 3.15. The topological polar surface area (TPSA) is 64.6 Å². The van der Waals surface area contributed by atoms with Gasteiger partial charge in [-0.25, -0.2) is 4.79 Å². The van der Waals surface area contributed by atoms with Crippen molar-refractivity contribution in [3.05, 3.63) is 59.1 Å². The van der Waals surface area contributed by atoms with E-state index < -0.39 is 18.0 Å². The number of anilines is 1. The fraction of sp³-hybridized carbons (Fsp3) is 0.222. The zero-order valence-electron chi connectivity index (χ0n) is 13.4. The van der Waals surface area contributed by atoms with E-state index in [4.69, 9.17) is 21.1 Å². The number of halogens is 1. The van der Waals surface area contributed by atoms with Gasteiger partial charge in [0.1, 0.15) is 5.75 Å². The highest BCUT2D eigenvalue weighted by Crippen LogP contribution is 2.17. The molecule has 2 rings (SSSR count). The van der Waals surface area contributed by atoms with Crippen LogP contribution in [0.2, 0.25) is 5.02 Å². The quantitative estimate of drug-likeness (QED) is 0.811. The molecule has 1 atom stereocenters. The Morgan fingerprint density at radius 2 is 1.88 bits per heavy atom. The summed E-state index contributed by atoms with van der Waals surface area (Å²) in [5, 5.41) is 3.19. The SMILES string of the molecule is Cc1ccc(NC(=O)[C@@H](C)OC(=O)COc2cccc(Cl)c2)cc1. The highest BCUT2D eigenvalue weighted by molar-refractivity contribution is 6.30. The summed E-state index contributed by atoms with van der Waals surface area (Å²) in [7, 11) is 0. The normalized spacial score (nSPS) is 11.5. The number of nitrogens with one attached hydrogen (secondary N) is 1. The number of hydrogen-bond donors (Lipinski definition) is 1. The van der Waals surface area contributed by atoms with Gasteiger partial charge in [-0.15, -0.1) is 0 Å². The average Bonchev–Trinajstić information content (AvgIpc) is 2.55. The highest BCUT2D eigenvalue weighted by atomic mass is 35.5. The molecule has 6 heteroatoms. The molecular formula is C18H18ClNO4. The Hall–Kier alpha value is -2.53. The number of carbonyl (C=O) groups is 2. The van der Waals surface area contributed by atoms with E-state index in [0.29, 0.717) is 16.5 Å². The van der Waals surface area contributed by atoms with Crippen LogP contribution in [0.4, 0.5) is 5.69 Å². The first-order valence-corrected chi connectivity index (χ1v) is 7.77. The first-order chi connectivity index (χ1) is 11.4. The van der Waals surface area contributed by atoms with Crippen LogP contribution in [0.5, 0.6) is 5.75 Å². The Morgan fingerprint density at radius 3 is 2.54 bits per heavy atom. The molecule has 5 nitrogen and oxygen atoms in total. The summed E-state index contributed by atoms with van der Waals surface area (Å²) in [4.78, 5) is 23.8. The van der Waals surface area contributed by atoms with E-state index >= 15 is 0 Å². The number of amides is 1. The van der Waals surface area contributed by atoms with Crippen molar-refractivity contribution < 1.29 is 19.1 Å². The lowest BCUT2D eigenvalue weighted by Gasteiger charge is -2.14. The number of rotatable bonds is 6. The Bertz CT molecular complexity index is 715. The number of aryl methyl sites for hydroxylation is 1. The molecule has 0 bridgehead atoms. The summed E-state index contributed by atoms with van der Waals surface area (Å²) in [6, 6.07) is 14.0. The third-order valence-corrected chi connectivity index (χ3v) is 3.38. The summed E-state index contributed by atoms with van der Waals surface area (Å²) < 4.78 is 10.3. The number of ether oxygens (including phenoxy) is 2. The van der Waals surface area contributed by atoms with Gasteiger partial charge < -0.3 is 14.8 Å². The van der Waals surface area contributed by atoms with Crippen LogP contribution in [0.1, 0.15) is 12.5 Å². The van der Waals surface area contributed by atoms with Crippen molar-refractivity contribution in [3.8, 4) is 5.75 Å². The van der Waals surface area contributed by atoms with E-state index in [9.17, 15) is 9.59 Å². The number of carbonyl (C=O) groups excluding carboxylic acids is 2. The van der Waals surface area contributed by atoms with Crippen LogP contribution in [-0.4, -0.2) is 24.6 Å². The van der Waals surface area contributed by atoms with Crippen molar-refractivity contribution >= 4 is 29.2 Å². The highest BCUT2D eigenvalue weighted by Gasteiger charge is 2.18. The maximum Gasteiger partial charge on any atom is 0.344 e. The first-order valence-electron chi connectivity index (χ1n) is 7.39. The predicted molar refractivity (Wildman–Crippen MR) is 92.3 cm³/mol. The van der Waals surface area contributed by atoms with Gasteiger partial charge in [0.15, 0.2) is 12.7 Å². The summed E-state index contributed by atoms with van der Waals surface area (Å²) in [5.74, 6) is -0.590. The van der Waals surface area contributed by atoms with Gasteiger partial charge in [0.05, 0.1) is 0 Å². The van der Waals surface area contributed by atoms with E-state index in [1.54, 1.807) is 36.4 Å². The summed E-state index contributed by atoms with van der Waals surface area (Å²) >= 11 is 5.82. The minimum atomic E-state index is -0.929. The van der Waals surface area contributed by atoms with E-state index in [-0.39, 0.29) is 6.61 Å². The summed E-state index contributed by atoms with van der Waals surface area (Å²) in [6.07, 6.45) is -0.929. The lowest BCUT2D eigenvalue weighted by Crippen LogP contribution is -2.31. The summed E-state index contributed by atoms with van der Waals surface area (Å²) in [6.45, 7) is 3.15. The van der Waals surface area contributed by atoms with Crippen molar-refractivity contribution in [1.29, 1.82) is 0 Å². The molecule has 0 heterocycles. The number of benzene rings is 2. The van der Waals surface area contributed by atoms with Crippen molar-refractivity contribution in [2.75, 3.05) is 11.9 Å². The average molecular weight is 348 g/mol. The van der Waals surface area contributed by atoms with Crippen LogP contribution in [0.15, 0.2) is 48.5 Å². The van der Waals surface area contributed by atoms with Gasteiger partial charge in [0.2, 0.25) is 0 Å². The van der Waals surface area contributed by atoms with Crippen LogP contribution >= 0.6 is 11.6 Å². The van der Waals surface area contributed by atoms with E-state index in [1.807, 2.05) is 19.1 Å². The molecular weight excluding hydrogens is 330 g/mol. The Labute approximate surface area is 145 Å². The molecule has 0 saturated carbocycles. The Morgan fingerprint density at radius 1 is 1.17 bits per heavy atom. The van der Waals surface area contributed by atoms with Crippen molar-refractivity contribution in [2.24, 2.45) is 0 Å². The minimum absolute atomic E-state index is 0.303. The number of hydrogen-bond acceptors (Lipinski definition) is 4. The van der Waals surface area contributed by atoms with Gasteiger partial charge in [0.25, 0.3) is 5.91 Å². The molecule has 0 aliphatic carbocycles. The largest absolute Gasteiger partial charge is 0.482 e. The number of esters is 1. The molecule has 0 saturated heterocycles. The lowest BCUT2D eigenvalue weighted by atomic mass is 10.2. The van der Waals surface area contributed by atoms with Crippen LogP contribution in [0.25, 0.3) is 0 Å². The zero-order chi connectivity index (χ0) is 17.5. The molecule has 2 aromatic rings. The zero-order valence-corrected chi connectivity index (χ0v) is 14.2. The van der Waals surface area contributed by atoms with E-state index in [1.165, 1.54) is 6.92 Å². The monoisotopic (exact) mass is 347 g/mol. The maximum absolute atomic E-state index is 12.0. The molecule has 2 aromatic carbocycles. The minimum Gasteiger partial charge on any atom is -0.482 e. The molecule has 0 spiro atoms. The lowest BCUT2D eigenvalue weighted by molar-refractivity contribution is -0.155.